The number of anilines is 1. The number of benzene rings is 1. The molecule has 0 aliphatic heterocycles. The molecule has 1 atom stereocenters. The van der Waals surface area contributed by atoms with Crippen LogP contribution in [0.25, 0.3) is 0 Å². The van der Waals surface area contributed by atoms with Crippen molar-refractivity contribution in [3.8, 4) is 0 Å². The number of hydrogen-bond donors (Lipinski definition) is 1. The molecule has 0 aliphatic rings. The van der Waals surface area contributed by atoms with Gasteiger partial charge in [0.2, 0.25) is 0 Å². The van der Waals surface area contributed by atoms with E-state index in [0.717, 1.165) is 23.5 Å². The molecule has 0 radical (unpaired) electrons. The number of nitrogens with zero attached hydrogens (tertiary/aromatic N) is 2. The Morgan fingerprint density at radius 1 is 1.17 bits per heavy atom. The van der Waals surface area contributed by atoms with E-state index in [9.17, 15) is 5.11 Å². The third kappa shape index (κ3) is 2.87. The van der Waals surface area contributed by atoms with Gasteiger partial charge < -0.3 is 10.0 Å². The molecular weight excluding hydrogens is 224 g/mol. The first kappa shape index (κ1) is 12.6. The van der Waals surface area contributed by atoms with Crippen LogP contribution in [0, 0.1) is 0 Å². The molecule has 1 aromatic carbocycles. The van der Waals surface area contributed by atoms with E-state index in [0.29, 0.717) is 0 Å². The van der Waals surface area contributed by atoms with Gasteiger partial charge >= 0.3 is 0 Å². The van der Waals surface area contributed by atoms with Crippen molar-refractivity contribution in [2.75, 3.05) is 11.9 Å². The third-order valence-electron chi connectivity index (χ3n) is 2.92. The highest BCUT2D eigenvalue weighted by Crippen LogP contribution is 2.25. The fraction of sp³-hybridized carbons (Fsp3) is 0.267. The number of aromatic nitrogens is 1. The van der Waals surface area contributed by atoms with Crippen molar-refractivity contribution in [1.82, 2.24) is 4.98 Å². The van der Waals surface area contributed by atoms with Crippen LogP contribution in [0.4, 0.5) is 5.69 Å². The number of para-hydroxylation sites is 1. The van der Waals surface area contributed by atoms with E-state index in [4.69, 9.17) is 0 Å². The van der Waals surface area contributed by atoms with Gasteiger partial charge in [-0.3, -0.25) is 4.98 Å². The third-order valence-corrected chi connectivity index (χ3v) is 2.92. The number of aliphatic hydroxyl groups is 1. The lowest BCUT2D eigenvalue weighted by Crippen LogP contribution is -2.19. The fourth-order valence-corrected chi connectivity index (χ4v) is 2.01. The van der Waals surface area contributed by atoms with Crippen molar-refractivity contribution < 1.29 is 5.11 Å². The summed E-state index contributed by atoms with van der Waals surface area (Å²) in [6.45, 7) is 2.51. The Morgan fingerprint density at radius 2 is 1.89 bits per heavy atom. The quantitative estimate of drug-likeness (QED) is 0.895. The normalized spacial score (nSPS) is 12.2. The first-order valence-electron chi connectivity index (χ1n) is 6.06. The average molecular weight is 242 g/mol. The summed E-state index contributed by atoms with van der Waals surface area (Å²) < 4.78 is 0. The molecule has 94 valence electrons. The van der Waals surface area contributed by atoms with Crippen LogP contribution < -0.4 is 4.90 Å². The van der Waals surface area contributed by atoms with Crippen molar-refractivity contribution in [1.29, 1.82) is 0 Å². The van der Waals surface area contributed by atoms with Crippen LogP contribution in [0.1, 0.15) is 24.3 Å². The predicted molar refractivity (Wildman–Crippen MR) is 73.4 cm³/mol. The highest BCUT2D eigenvalue weighted by Gasteiger charge is 2.11. The van der Waals surface area contributed by atoms with Gasteiger partial charge in [-0.2, -0.15) is 0 Å². The molecular formula is C15H18N2O. The lowest BCUT2D eigenvalue weighted by molar-refractivity contribution is 0.199. The molecule has 1 heterocycles. The summed E-state index contributed by atoms with van der Waals surface area (Å²) >= 11 is 0. The van der Waals surface area contributed by atoms with Crippen LogP contribution in [0.15, 0.2) is 48.7 Å². The van der Waals surface area contributed by atoms with Crippen LogP contribution >= 0.6 is 0 Å². The second kappa shape index (κ2) is 5.65. The molecule has 3 heteroatoms. The van der Waals surface area contributed by atoms with Crippen LogP contribution in [-0.2, 0) is 6.54 Å². The minimum absolute atomic E-state index is 0.465. The molecule has 0 unspecified atom stereocenters. The van der Waals surface area contributed by atoms with Crippen molar-refractivity contribution >= 4 is 5.69 Å². The first-order chi connectivity index (χ1) is 8.68. The summed E-state index contributed by atoms with van der Waals surface area (Å²) in [5.74, 6) is 0. The van der Waals surface area contributed by atoms with E-state index in [-0.39, 0.29) is 0 Å². The molecule has 2 aromatic rings. The molecule has 0 amide bonds. The monoisotopic (exact) mass is 242 g/mol. The number of hydrogen-bond acceptors (Lipinski definition) is 3. The Morgan fingerprint density at radius 3 is 2.56 bits per heavy atom. The van der Waals surface area contributed by atoms with Gasteiger partial charge in [-0.25, -0.2) is 0 Å². The Bertz CT molecular complexity index is 497. The van der Waals surface area contributed by atoms with Gasteiger partial charge in [0.1, 0.15) is 0 Å². The minimum atomic E-state index is -0.465. The fourth-order valence-electron chi connectivity index (χ4n) is 2.01. The van der Waals surface area contributed by atoms with E-state index >= 15 is 0 Å². The Hall–Kier alpha value is -1.87. The summed E-state index contributed by atoms with van der Waals surface area (Å²) in [6.07, 6.45) is 1.33. The van der Waals surface area contributed by atoms with E-state index in [2.05, 4.69) is 9.88 Å². The highest BCUT2D eigenvalue weighted by molar-refractivity contribution is 5.54. The first-order valence-corrected chi connectivity index (χ1v) is 6.06. The second-order valence-corrected chi connectivity index (χ2v) is 4.41. The van der Waals surface area contributed by atoms with E-state index in [1.54, 1.807) is 13.1 Å². The number of rotatable bonds is 4. The van der Waals surface area contributed by atoms with Crippen molar-refractivity contribution in [3.63, 3.8) is 0 Å². The molecule has 0 bridgehead atoms. The lowest BCUT2D eigenvalue weighted by Gasteiger charge is -2.23. The molecule has 1 aromatic heterocycles. The Labute approximate surface area is 108 Å². The number of pyridine rings is 1. The summed E-state index contributed by atoms with van der Waals surface area (Å²) in [4.78, 5) is 6.42. The van der Waals surface area contributed by atoms with Gasteiger partial charge in [0.15, 0.2) is 0 Å². The Balaban J connectivity index is 2.21. The largest absolute Gasteiger partial charge is 0.389 e. The van der Waals surface area contributed by atoms with Crippen molar-refractivity contribution in [3.05, 3.63) is 59.9 Å². The topological polar surface area (TPSA) is 36.4 Å². The minimum Gasteiger partial charge on any atom is -0.389 e. The van der Waals surface area contributed by atoms with Gasteiger partial charge in [-0.15, -0.1) is 0 Å². The average Bonchev–Trinajstić information content (AvgIpc) is 2.40. The summed E-state index contributed by atoms with van der Waals surface area (Å²) in [5, 5.41) is 9.78. The standard InChI is InChI=1S/C15H18N2O/c1-12(18)14-8-3-4-9-15(14)17(2)11-13-7-5-6-10-16-13/h3-10,12,18H,11H2,1-2H3/t12-/m0/s1. The van der Waals surface area contributed by atoms with Crippen LogP contribution in [0.3, 0.4) is 0 Å². The second-order valence-electron chi connectivity index (χ2n) is 4.41. The van der Waals surface area contributed by atoms with Crippen LogP contribution in [0.2, 0.25) is 0 Å². The van der Waals surface area contributed by atoms with Gasteiger partial charge in [0.25, 0.3) is 0 Å². The van der Waals surface area contributed by atoms with Crippen LogP contribution in [0.5, 0.6) is 0 Å². The molecule has 0 aliphatic carbocycles. The lowest BCUT2D eigenvalue weighted by atomic mass is 10.1. The summed E-state index contributed by atoms with van der Waals surface area (Å²) in [7, 11) is 2.01. The molecule has 0 fully saturated rings. The molecule has 0 saturated heterocycles. The maximum Gasteiger partial charge on any atom is 0.0781 e. The van der Waals surface area contributed by atoms with Crippen molar-refractivity contribution in [2.24, 2.45) is 0 Å². The molecule has 0 spiro atoms. The molecule has 18 heavy (non-hydrogen) atoms. The molecule has 3 nitrogen and oxygen atoms in total. The van der Waals surface area contributed by atoms with Gasteiger partial charge in [0.05, 0.1) is 18.3 Å². The zero-order chi connectivity index (χ0) is 13.0. The van der Waals surface area contributed by atoms with Gasteiger partial charge in [0, 0.05) is 24.5 Å². The summed E-state index contributed by atoms with van der Waals surface area (Å²) in [5.41, 5.74) is 2.99. The zero-order valence-electron chi connectivity index (χ0n) is 10.7. The highest BCUT2D eigenvalue weighted by atomic mass is 16.3. The maximum atomic E-state index is 9.78. The molecule has 2 rings (SSSR count). The van der Waals surface area contributed by atoms with Gasteiger partial charge in [-0.05, 0) is 25.1 Å². The molecule has 0 saturated carbocycles. The molecule has 1 N–H and O–H groups in total. The Kier molecular flexibility index (Phi) is 3.95. The number of aliphatic hydroxyl groups excluding tert-OH is 1. The summed E-state index contributed by atoms with van der Waals surface area (Å²) in [6, 6.07) is 13.8. The predicted octanol–water partition coefficient (Wildman–Crippen LogP) is 2.77. The van der Waals surface area contributed by atoms with Gasteiger partial charge in [-0.1, -0.05) is 24.3 Å². The van der Waals surface area contributed by atoms with Crippen molar-refractivity contribution in [2.45, 2.75) is 19.6 Å². The smallest absolute Gasteiger partial charge is 0.0781 e. The SMILES string of the molecule is C[C@H](O)c1ccccc1N(C)Cc1ccccn1. The maximum absolute atomic E-state index is 9.78. The van der Waals surface area contributed by atoms with E-state index in [1.807, 2.05) is 49.5 Å². The van der Waals surface area contributed by atoms with E-state index < -0.39 is 6.10 Å². The van der Waals surface area contributed by atoms with E-state index in [1.165, 1.54) is 0 Å². The zero-order valence-corrected chi connectivity index (χ0v) is 10.7. The van der Waals surface area contributed by atoms with Crippen LogP contribution in [-0.4, -0.2) is 17.1 Å².